The third-order valence-corrected chi connectivity index (χ3v) is 3.14. The van der Waals surface area contributed by atoms with Gasteiger partial charge in [-0.05, 0) is 34.9 Å². The highest BCUT2D eigenvalue weighted by Gasteiger charge is 2.34. The van der Waals surface area contributed by atoms with Crippen molar-refractivity contribution in [1.82, 2.24) is 0 Å². The number of benzene rings is 2. The molecule has 2 rings (SSSR count). The Balaban J connectivity index is 2.42. The fourth-order valence-electron chi connectivity index (χ4n) is 2.20. The molecule has 9 heteroatoms. The molecule has 3 nitrogen and oxygen atoms in total. The molecule has 0 radical (unpaired) electrons. The molecule has 0 fully saturated rings. The number of hydrogen-bond acceptors (Lipinski definition) is 2. The first kappa shape index (κ1) is 18.6. The van der Waals surface area contributed by atoms with Crippen LogP contribution in [0, 0.1) is 0 Å². The van der Waals surface area contributed by atoms with Crippen molar-refractivity contribution in [3.05, 3.63) is 53.6 Å². The van der Waals surface area contributed by atoms with Crippen LogP contribution in [0.15, 0.2) is 42.5 Å². The lowest BCUT2D eigenvalue weighted by Gasteiger charge is -2.15. The number of hydrogen-bond donors (Lipinski definition) is 1. The zero-order chi connectivity index (χ0) is 18.8. The van der Waals surface area contributed by atoms with Gasteiger partial charge in [-0.2, -0.15) is 13.2 Å². The number of carboxylic acid groups (broad SMARTS) is 1. The smallest absolute Gasteiger partial charge is 0.481 e. The highest BCUT2D eigenvalue weighted by molar-refractivity contribution is 5.73. The van der Waals surface area contributed by atoms with E-state index in [1.807, 2.05) is 0 Å². The Morgan fingerprint density at radius 3 is 2.04 bits per heavy atom. The van der Waals surface area contributed by atoms with Gasteiger partial charge in [-0.15, -0.1) is 13.2 Å². The van der Waals surface area contributed by atoms with Crippen LogP contribution in [-0.2, 0) is 17.4 Å². The summed E-state index contributed by atoms with van der Waals surface area (Å²) < 4.78 is 79.7. The lowest BCUT2D eigenvalue weighted by atomic mass is 9.96. The summed E-state index contributed by atoms with van der Waals surface area (Å²) in [5.41, 5.74) is -1.37. The van der Waals surface area contributed by atoms with Crippen molar-refractivity contribution in [2.45, 2.75) is 19.0 Å². The lowest BCUT2D eigenvalue weighted by molar-refractivity contribution is -0.274. The quantitative estimate of drug-likeness (QED) is 0.785. The molecular formula is C16H10F6O3. The molecule has 0 heterocycles. The van der Waals surface area contributed by atoms with Crippen LogP contribution in [-0.4, -0.2) is 17.4 Å². The van der Waals surface area contributed by atoms with Crippen LogP contribution >= 0.6 is 0 Å². The maximum absolute atomic E-state index is 13.2. The number of aliphatic carboxylic acids is 1. The maximum atomic E-state index is 13.2. The van der Waals surface area contributed by atoms with Crippen molar-refractivity contribution in [1.29, 1.82) is 0 Å². The Morgan fingerprint density at radius 1 is 0.960 bits per heavy atom. The minimum Gasteiger partial charge on any atom is -0.481 e. The molecule has 0 bridgehead atoms. The first-order valence-electron chi connectivity index (χ1n) is 6.74. The molecule has 0 saturated carbocycles. The van der Waals surface area contributed by atoms with Crippen molar-refractivity contribution in [2.24, 2.45) is 0 Å². The van der Waals surface area contributed by atoms with Crippen LogP contribution in [0.3, 0.4) is 0 Å². The lowest BCUT2D eigenvalue weighted by Crippen LogP contribution is -2.17. The Labute approximate surface area is 137 Å². The van der Waals surface area contributed by atoms with Crippen LogP contribution in [0.1, 0.15) is 11.1 Å². The molecule has 0 aliphatic carbocycles. The SMILES string of the molecule is O=C(O)Cc1ccc(-c2ccc(OC(F)(F)F)cc2)c(C(F)(F)F)c1. The Morgan fingerprint density at radius 2 is 1.56 bits per heavy atom. The van der Waals surface area contributed by atoms with E-state index >= 15 is 0 Å². The van der Waals surface area contributed by atoms with Crippen LogP contribution in [0.25, 0.3) is 11.1 Å². The Bertz CT molecular complexity index is 763. The average Bonchev–Trinajstić information content (AvgIpc) is 2.45. The summed E-state index contributed by atoms with van der Waals surface area (Å²) in [7, 11) is 0. The second-order valence-electron chi connectivity index (χ2n) is 5.02. The summed E-state index contributed by atoms with van der Waals surface area (Å²) in [6, 6.07) is 6.93. The number of carboxylic acids is 1. The predicted molar refractivity (Wildman–Crippen MR) is 74.9 cm³/mol. The number of rotatable bonds is 4. The molecule has 0 amide bonds. The fraction of sp³-hybridized carbons (Fsp3) is 0.188. The molecule has 2 aromatic rings. The summed E-state index contributed by atoms with van der Waals surface area (Å²) in [6.07, 6.45) is -10.2. The third kappa shape index (κ3) is 5.13. The second-order valence-corrected chi connectivity index (χ2v) is 5.02. The molecule has 2 aromatic carbocycles. The van der Waals surface area contributed by atoms with Gasteiger partial charge in [-0.3, -0.25) is 4.79 Å². The summed E-state index contributed by atoms with van der Waals surface area (Å²) in [5, 5.41) is 8.68. The Kier molecular flexibility index (Phi) is 4.96. The predicted octanol–water partition coefficient (Wildman–Crippen LogP) is 4.90. The third-order valence-electron chi connectivity index (χ3n) is 3.14. The van der Waals surface area contributed by atoms with Crippen molar-refractivity contribution in [3.63, 3.8) is 0 Å². The molecule has 0 atom stereocenters. The largest absolute Gasteiger partial charge is 0.573 e. The van der Waals surface area contributed by atoms with E-state index in [9.17, 15) is 31.1 Å². The van der Waals surface area contributed by atoms with Crippen molar-refractivity contribution >= 4 is 5.97 Å². The van der Waals surface area contributed by atoms with Crippen LogP contribution < -0.4 is 4.74 Å². The van der Waals surface area contributed by atoms with Crippen molar-refractivity contribution in [2.75, 3.05) is 0 Å². The van der Waals surface area contributed by atoms with Crippen molar-refractivity contribution < 1.29 is 41.0 Å². The maximum Gasteiger partial charge on any atom is 0.573 e. The summed E-state index contributed by atoms with van der Waals surface area (Å²) in [6.45, 7) is 0. The van der Waals surface area contributed by atoms with Gasteiger partial charge in [0.1, 0.15) is 5.75 Å². The van der Waals surface area contributed by atoms with Gasteiger partial charge in [-0.1, -0.05) is 24.3 Å². The fourth-order valence-corrected chi connectivity index (χ4v) is 2.20. The van der Waals surface area contributed by atoms with Crippen LogP contribution in [0.2, 0.25) is 0 Å². The monoisotopic (exact) mass is 364 g/mol. The first-order valence-corrected chi connectivity index (χ1v) is 6.74. The molecule has 25 heavy (non-hydrogen) atoms. The molecule has 134 valence electrons. The number of ether oxygens (including phenoxy) is 1. The van der Waals surface area contributed by atoms with Gasteiger partial charge < -0.3 is 9.84 Å². The molecule has 0 spiro atoms. The van der Waals surface area contributed by atoms with Crippen molar-refractivity contribution in [3.8, 4) is 16.9 Å². The summed E-state index contributed by atoms with van der Waals surface area (Å²) in [4.78, 5) is 10.6. The average molecular weight is 364 g/mol. The minimum absolute atomic E-state index is 0.0173. The van der Waals surface area contributed by atoms with Crippen LogP contribution in [0.5, 0.6) is 5.75 Å². The van der Waals surface area contributed by atoms with Crippen LogP contribution in [0.4, 0.5) is 26.3 Å². The summed E-state index contributed by atoms with van der Waals surface area (Å²) >= 11 is 0. The van der Waals surface area contributed by atoms with E-state index in [1.54, 1.807) is 0 Å². The van der Waals surface area contributed by atoms with E-state index in [2.05, 4.69) is 4.74 Å². The second kappa shape index (κ2) is 6.66. The van der Waals surface area contributed by atoms with Gasteiger partial charge in [0, 0.05) is 0 Å². The van der Waals surface area contributed by atoms with Gasteiger partial charge in [0.25, 0.3) is 0 Å². The highest BCUT2D eigenvalue weighted by atomic mass is 19.4. The number of carbonyl (C=O) groups is 1. The van der Waals surface area contributed by atoms with E-state index in [0.717, 1.165) is 30.3 Å². The van der Waals surface area contributed by atoms with E-state index in [-0.39, 0.29) is 16.7 Å². The zero-order valence-corrected chi connectivity index (χ0v) is 12.3. The zero-order valence-electron chi connectivity index (χ0n) is 12.3. The van der Waals surface area contributed by atoms with Gasteiger partial charge in [-0.25, -0.2) is 0 Å². The number of halogens is 6. The molecule has 0 saturated heterocycles. The van der Waals surface area contributed by atoms with E-state index < -0.39 is 36.2 Å². The molecule has 0 aliphatic heterocycles. The van der Waals surface area contributed by atoms with E-state index in [1.165, 1.54) is 6.07 Å². The molecule has 0 unspecified atom stereocenters. The summed E-state index contributed by atoms with van der Waals surface area (Å²) in [5.74, 6) is -1.85. The first-order chi connectivity index (χ1) is 11.5. The van der Waals surface area contributed by atoms with Gasteiger partial charge >= 0.3 is 18.5 Å². The normalized spacial score (nSPS) is 12.1. The van der Waals surface area contributed by atoms with Gasteiger partial charge in [0.05, 0.1) is 12.0 Å². The van der Waals surface area contributed by atoms with Gasteiger partial charge in [0.15, 0.2) is 0 Å². The minimum atomic E-state index is -4.91. The van der Waals surface area contributed by atoms with E-state index in [0.29, 0.717) is 6.07 Å². The molecule has 0 aromatic heterocycles. The topological polar surface area (TPSA) is 46.5 Å². The van der Waals surface area contributed by atoms with E-state index in [4.69, 9.17) is 5.11 Å². The van der Waals surface area contributed by atoms with Gasteiger partial charge in [0.2, 0.25) is 0 Å². The standard InChI is InChI=1S/C16H10F6O3/c17-15(18,19)13-7-9(8-14(23)24)1-6-12(13)10-2-4-11(5-3-10)25-16(20,21)22/h1-7H,8H2,(H,23,24). The number of alkyl halides is 6. The Hall–Kier alpha value is -2.71. The molecular weight excluding hydrogens is 354 g/mol. The molecule has 1 N–H and O–H groups in total. The highest BCUT2D eigenvalue weighted by Crippen LogP contribution is 2.38. The molecule has 0 aliphatic rings.